The molecule has 0 N–H and O–H groups in total. The van der Waals surface area contributed by atoms with Crippen molar-refractivity contribution in [1.82, 2.24) is 9.97 Å². The number of halogens is 2. The molecule has 16 heavy (non-hydrogen) atoms. The molecule has 0 aliphatic heterocycles. The van der Waals surface area contributed by atoms with E-state index in [0.29, 0.717) is 17.1 Å². The predicted molar refractivity (Wildman–Crippen MR) is 61.7 cm³/mol. The fraction of sp³-hybridized carbons (Fsp3) is 0.0909. The number of pyridine rings is 2. The summed E-state index contributed by atoms with van der Waals surface area (Å²) in [4.78, 5) is 7.88. The third-order valence-electron chi connectivity index (χ3n) is 2.04. The van der Waals surface area contributed by atoms with Crippen LogP contribution >= 0.6 is 15.9 Å². The molecule has 2 aromatic rings. The topological polar surface area (TPSA) is 35.0 Å². The van der Waals surface area contributed by atoms with Crippen molar-refractivity contribution in [2.75, 3.05) is 7.11 Å². The lowest BCUT2D eigenvalue weighted by atomic mass is 10.1. The highest BCUT2D eigenvalue weighted by molar-refractivity contribution is 9.10. The molecule has 0 aromatic carbocycles. The molecule has 0 fully saturated rings. The minimum absolute atomic E-state index is 0.362. The van der Waals surface area contributed by atoms with Crippen LogP contribution in [-0.4, -0.2) is 17.1 Å². The van der Waals surface area contributed by atoms with E-state index in [9.17, 15) is 4.39 Å². The van der Waals surface area contributed by atoms with Gasteiger partial charge >= 0.3 is 0 Å². The summed E-state index contributed by atoms with van der Waals surface area (Å²) < 4.78 is 19.3. The quantitative estimate of drug-likeness (QED) is 0.849. The monoisotopic (exact) mass is 282 g/mol. The van der Waals surface area contributed by atoms with E-state index >= 15 is 0 Å². The second-order valence-corrected chi connectivity index (χ2v) is 3.98. The predicted octanol–water partition coefficient (Wildman–Crippen LogP) is 3.05. The average Bonchev–Trinajstić information content (AvgIpc) is 2.31. The first-order valence-corrected chi connectivity index (χ1v) is 5.31. The molecular weight excluding hydrogens is 275 g/mol. The SMILES string of the molecule is COc1cc(-c2ccc(Br)cn2)c(F)cn1. The van der Waals surface area contributed by atoms with Gasteiger partial charge in [-0.3, -0.25) is 4.98 Å². The highest BCUT2D eigenvalue weighted by Crippen LogP contribution is 2.24. The maximum absolute atomic E-state index is 13.5. The van der Waals surface area contributed by atoms with Crippen LogP contribution in [0.5, 0.6) is 5.88 Å². The lowest BCUT2D eigenvalue weighted by molar-refractivity contribution is 0.396. The van der Waals surface area contributed by atoms with Crippen LogP contribution in [0.3, 0.4) is 0 Å². The van der Waals surface area contributed by atoms with Gasteiger partial charge in [0.15, 0.2) is 5.82 Å². The standard InChI is InChI=1S/C11H8BrFN2O/c1-16-11-4-8(9(13)6-15-11)10-3-2-7(12)5-14-10/h2-6H,1H3. The fourth-order valence-electron chi connectivity index (χ4n) is 1.26. The van der Waals surface area contributed by atoms with Crippen molar-refractivity contribution < 1.29 is 9.13 Å². The molecule has 2 aromatic heterocycles. The number of nitrogens with zero attached hydrogens (tertiary/aromatic N) is 2. The number of ether oxygens (including phenoxy) is 1. The second kappa shape index (κ2) is 4.57. The Balaban J connectivity index is 2.50. The smallest absolute Gasteiger partial charge is 0.213 e. The Morgan fingerprint density at radius 1 is 1.25 bits per heavy atom. The molecule has 0 saturated heterocycles. The first-order chi connectivity index (χ1) is 7.70. The van der Waals surface area contributed by atoms with Crippen LogP contribution < -0.4 is 4.74 Å². The van der Waals surface area contributed by atoms with Gasteiger partial charge < -0.3 is 4.74 Å². The van der Waals surface area contributed by atoms with Crippen LogP contribution in [0, 0.1) is 5.82 Å². The van der Waals surface area contributed by atoms with E-state index in [0.717, 1.165) is 10.7 Å². The number of hydrogen-bond donors (Lipinski definition) is 0. The molecule has 0 spiro atoms. The Hall–Kier alpha value is -1.49. The van der Waals surface area contributed by atoms with Gasteiger partial charge in [-0.1, -0.05) is 0 Å². The van der Waals surface area contributed by atoms with Crippen molar-refractivity contribution in [1.29, 1.82) is 0 Å². The summed E-state index contributed by atoms with van der Waals surface area (Å²) in [5, 5.41) is 0. The van der Waals surface area contributed by atoms with Crippen molar-refractivity contribution >= 4 is 15.9 Å². The normalized spacial score (nSPS) is 10.2. The Morgan fingerprint density at radius 3 is 2.69 bits per heavy atom. The molecule has 2 rings (SSSR count). The molecule has 0 aliphatic carbocycles. The third-order valence-corrected chi connectivity index (χ3v) is 2.51. The molecule has 2 heterocycles. The Labute approximate surface area is 100 Å². The molecule has 3 nitrogen and oxygen atoms in total. The molecule has 82 valence electrons. The zero-order valence-electron chi connectivity index (χ0n) is 8.45. The van der Waals surface area contributed by atoms with Crippen molar-refractivity contribution in [3.63, 3.8) is 0 Å². The van der Waals surface area contributed by atoms with E-state index in [-0.39, 0.29) is 0 Å². The van der Waals surface area contributed by atoms with E-state index in [1.54, 1.807) is 18.3 Å². The summed E-state index contributed by atoms with van der Waals surface area (Å²) in [5.74, 6) is -0.0586. The van der Waals surface area contributed by atoms with Crippen molar-refractivity contribution in [2.45, 2.75) is 0 Å². The number of aromatic nitrogens is 2. The van der Waals surface area contributed by atoms with Gasteiger partial charge in [0.2, 0.25) is 5.88 Å². The van der Waals surface area contributed by atoms with E-state index in [1.165, 1.54) is 13.2 Å². The molecule has 0 amide bonds. The summed E-state index contributed by atoms with van der Waals surface area (Å²) in [6.45, 7) is 0. The van der Waals surface area contributed by atoms with Gasteiger partial charge in [-0.2, -0.15) is 0 Å². The van der Waals surface area contributed by atoms with Crippen LogP contribution in [0.15, 0.2) is 35.1 Å². The summed E-state index contributed by atoms with van der Waals surface area (Å²) in [6, 6.07) is 5.04. The summed E-state index contributed by atoms with van der Waals surface area (Å²) in [7, 11) is 1.49. The first-order valence-electron chi connectivity index (χ1n) is 4.52. The van der Waals surface area contributed by atoms with Crippen molar-refractivity contribution in [3.8, 4) is 17.1 Å². The van der Waals surface area contributed by atoms with Gasteiger partial charge in [0.05, 0.1) is 19.0 Å². The average molecular weight is 283 g/mol. The maximum Gasteiger partial charge on any atom is 0.213 e. The van der Waals surface area contributed by atoms with Gasteiger partial charge in [0.1, 0.15) is 0 Å². The van der Waals surface area contributed by atoms with Crippen LogP contribution in [-0.2, 0) is 0 Å². The van der Waals surface area contributed by atoms with Gasteiger partial charge in [-0.05, 0) is 28.1 Å². The maximum atomic E-state index is 13.5. The van der Waals surface area contributed by atoms with Crippen LogP contribution in [0.25, 0.3) is 11.3 Å². The largest absolute Gasteiger partial charge is 0.481 e. The van der Waals surface area contributed by atoms with Gasteiger partial charge in [0, 0.05) is 22.3 Å². The van der Waals surface area contributed by atoms with Crippen molar-refractivity contribution in [2.24, 2.45) is 0 Å². The number of hydrogen-bond acceptors (Lipinski definition) is 3. The van der Waals surface area contributed by atoms with E-state index in [4.69, 9.17) is 4.74 Å². The van der Waals surface area contributed by atoms with Crippen LogP contribution in [0.2, 0.25) is 0 Å². The zero-order valence-corrected chi connectivity index (χ0v) is 10.0. The molecule has 0 saturated carbocycles. The second-order valence-electron chi connectivity index (χ2n) is 3.07. The summed E-state index contributed by atoms with van der Waals surface area (Å²) in [6.07, 6.45) is 2.74. The highest BCUT2D eigenvalue weighted by Gasteiger charge is 2.08. The number of rotatable bonds is 2. The zero-order chi connectivity index (χ0) is 11.5. The Morgan fingerprint density at radius 2 is 2.06 bits per heavy atom. The summed E-state index contributed by atoms with van der Waals surface area (Å²) >= 11 is 3.27. The third kappa shape index (κ3) is 2.19. The highest BCUT2D eigenvalue weighted by atomic mass is 79.9. The lowest BCUT2D eigenvalue weighted by Crippen LogP contribution is -1.93. The van der Waals surface area contributed by atoms with Gasteiger partial charge in [-0.25, -0.2) is 9.37 Å². The fourth-order valence-corrected chi connectivity index (χ4v) is 1.50. The van der Waals surface area contributed by atoms with Crippen molar-refractivity contribution in [3.05, 3.63) is 40.9 Å². The minimum atomic E-state index is -0.421. The molecule has 0 aliphatic rings. The summed E-state index contributed by atoms with van der Waals surface area (Å²) in [5.41, 5.74) is 0.917. The van der Waals surface area contributed by atoms with E-state index in [2.05, 4.69) is 25.9 Å². The Kier molecular flexibility index (Phi) is 3.14. The number of methoxy groups -OCH3 is 1. The van der Waals surface area contributed by atoms with E-state index in [1.807, 2.05) is 0 Å². The van der Waals surface area contributed by atoms with Gasteiger partial charge in [-0.15, -0.1) is 0 Å². The molecule has 0 bridgehead atoms. The van der Waals surface area contributed by atoms with E-state index < -0.39 is 5.82 Å². The van der Waals surface area contributed by atoms with Crippen LogP contribution in [0.1, 0.15) is 0 Å². The van der Waals surface area contributed by atoms with Gasteiger partial charge in [0.25, 0.3) is 0 Å². The molecule has 0 unspecified atom stereocenters. The first kappa shape index (κ1) is 11.0. The minimum Gasteiger partial charge on any atom is -0.481 e. The van der Waals surface area contributed by atoms with Crippen LogP contribution in [0.4, 0.5) is 4.39 Å². The molecule has 0 radical (unpaired) electrons. The molecule has 5 heteroatoms. The molecule has 0 atom stereocenters. The lowest BCUT2D eigenvalue weighted by Gasteiger charge is -2.04. The Bertz CT molecular complexity index is 502. The molecular formula is C11H8BrFN2O.